The van der Waals surface area contributed by atoms with Crippen LogP contribution in [0.15, 0.2) is 30.3 Å². The zero-order valence-electron chi connectivity index (χ0n) is 10.7. The molecule has 92 valence electrons. The summed E-state index contributed by atoms with van der Waals surface area (Å²) in [4.78, 5) is 11.9. The normalized spacial score (nSPS) is 10.2. The summed E-state index contributed by atoms with van der Waals surface area (Å²) in [5.74, 6) is -0.241. The summed E-state index contributed by atoms with van der Waals surface area (Å²) in [6.45, 7) is 5.81. The molecule has 1 aromatic carbocycles. The summed E-state index contributed by atoms with van der Waals surface area (Å²) in [5.41, 5.74) is 4.11. The molecule has 0 bridgehead atoms. The van der Waals surface area contributed by atoms with E-state index in [4.69, 9.17) is 0 Å². The standard InChI is InChI=1S/C14H15N3O/c1-9-4-6-12(10(2)8-9)15-14(18)13-7-5-11(3)16-17-13/h4-8H,1-3H3,(H,15,18). The third-order valence-corrected chi connectivity index (χ3v) is 2.66. The van der Waals surface area contributed by atoms with Crippen molar-refractivity contribution < 1.29 is 4.79 Å². The van der Waals surface area contributed by atoms with Gasteiger partial charge in [-0.15, -0.1) is 5.10 Å². The maximum atomic E-state index is 11.9. The van der Waals surface area contributed by atoms with E-state index in [0.29, 0.717) is 5.69 Å². The molecular weight excluding hydrogens is 226 g/mol. The van der Waals surface area contributed by atoms with Gasteiger partial charge in [-0.2, -0.15) is 5.10 Å². The first-order valence-electron chi connectivity index (χ1n) is 5.75. The Bertz CT molecular complexity index is 576. The maximum Gasteiger partial charge on any atom is 0.276 e. The SMILES string of the molecule is Cc1ccc(NC(=O)c2ccc(C)nn2)c(C)c1. The van der Waals surface area contributed by atoms with E-state index in [1.54, 1.807) is 12.1 Å². The second-order valence-corrected chi connectivity index (χ2v) is 4.33. The molecule has 0 aliphatic rings. The molecule has 1 amide bonds. The van der Waals surface area contributed by atoms with E-state index in [1.165, 1.54) is 5.56 Å². The zero-order valence-corrected chi connectivity index (χ0v) is 10.7. The van der Waals surface area contributed by atoms with Gasteiger partial charge in [-0.1, -0.05) is 17.7 Å². The van der Waals surface area contributed by atoms with E-state index >= 15 is 0 Å². The molecule has 0 saturated carbocycles. The second kappa shape index (κ2) is 4.96. The lowest BCUT2D eigenvalue weighted by Gasteiger charge is -2.08. The van der Waals surface area contributed by atoms with Gasteiger partial charge in [0.1, 0.15) is 0 Å². The Hall–Kier alpha value is -2.23. The number of benzene rings is 1. The zero-order chi connectivity index (χ0) is 13.1. The monoisotopic (exact) mass is 241 g/mol. The number of aryl methyl sites for hydroxylation is 3. The van der Waals surface area contributed by atoms with Crippen LogP contribution in [-0.4, -0.2) is 16.1 Å². The number of aromatic nitrogens is 2. The van der Waals surface area contributed by atoms with Gasteiger partial charge in [-0.25, -0.2) is 0 Å². The lowest BCUT2D eigenvalue weighted by Crippen LogP contribution is -2.15. The molecule has 4 heteroatoms. The van der Waals surface area contributed by atoms with E-state index in [-0.39, 0.29) is 5.91 Å². The Kier molecular flexibility index (Phi) is 3.37. The molecule has 18 heavy (non-hydrogen) atoms. The van der Waals surface area contributed by atoms with Crippen molar-refractivity contribution in [3.63, 3.8) is 0 Å². The lowest BCUT2D eigenvalue weighted by molar-refractivity contribution is 0.102. The summed E-state index contributed by atoms with van der Waals surface area (Å²) in [7, 11) is 0. The Morgan fingerprint density at radius 3 is 2.44 bits per heavy atom. The van der Waals surface area contributed by atoms with Gasteiger partial charge in [0.25, 0.3) is 5.91 Å². The van der Waals surface area contributed by atoms with E-state index in [9.17, 15) is 4.79 Å². The molecule has 1 aromatic heterocycles. The third kappa shape index (κ3) is 2.71. The van der Waals surface area contributed by atoms with Crippen LogP contribution >= 0.6 is 0 Å². The fourth-order valence-corrected chi connectivity index (χ4v) is 1.66. The van der Waals surface area contributed by atoms with Gasteiger partial charge in [0.05, 0.1) is 5.69 Å². The molecular formula is C14H15N3O. The number of anilines is 1. The van der Waals surface area contributed by atoms with Crippen molar-refractivity contribution in [2.45, 2.75) is 20.8 Å². The van der Waals surface area contributed by atoms with Crippen LogP contribution in [-0.2, 0) is 0 Å². The van der Waals surface area contributed by atoms with Crippen LogP contribution < -0.4 is 5.32 Å². The summed E-state index contributed by atoms with van der Waals surface area (Å²) < 4.78 is 0. The highest BCUT2D eigenvalue weighted by Crippen LogP contribution is 2.16. The summed E-state index contributed by atoms with van der Waals surface area (Å²) >= 11 is 0. The number of nitrogens with zero attached hydrogens (tertiary/aromatic N) is 2. The smallest absolute Gasteiger partial charge is 0.276 e. The average molecular weight is 241 g/mol. The molecule has 2 aromatic rings. The largest absolute Gasteiger partial charge is 0.320 e. The second-order valence-electron chi connectivity index (χ2n) is 4.33. The van der Waals surface area contributed by atoms with Crippen LogP contribution in [0.2, 0.25) is 0 Å². The molecule has 0 saturated heterocycles. The minimum absolute atomic E-state index is 0.241. The minimum Gasteiger partial charge on any atom is -0.320 e. The molecule has 2 rings (SSSR count). The number of carbonyl (C=O) groups excluding carboxylic acids is 1. The maximum absolute atomic E-state index is 11.9. The Morgan fingerprint density at radius 2 is 1.83 bits per heavy atom. The van der Waals surface area contributed by atoms with Crippen LogP contribution in [0.5, 0.6) is 0 Å². The number of carbonyl (C=O) groups is 1. The van der Waals surface area contributed by atoms with Crippen LogP contribution in [0.4, 0.5) is 5.69 Å². The van der Waals surface area contributed by atoms with Crippen molar-refractivity contribution in [1.82, 2.24) is 10.2 Å². The van der Waals surface area contributed by atoms with Crippen LogP contribution in [0, 0.1) is 20.8 Å². The molecule has 0 aliphatic heterocycles. The third-order valence-electron chi connectivity index (χ3n) is 2.66. The highest BCUT2D eigenvalue weighted by molar-refractivity contribution is 6.03. The molecule has 0 atom stereocenters. The highest BCUT2D eigenvalue weighted by atomic mass is 16.1. The molecule has 0 unspecified atom stereocenters. The van der Waals surface area contributed by atoms with Gasteiger partial charge in [0, 0.05) is 5.69 Å². The van der Waals surface area contributed by atoms with Crippen molar-refractivity contribution in [3.05, 3.63) is 52.8 Å². The minimum atomic E-state index is -0.241. The van der Waals surface area contributed by atoms with Crippen molar-refractivity contribution in [3.8, 4) is 0 Å². The Labute approximate surface area is 106 Å². The van der Waals surface area contributed by atoms with Gasteiger partial charge in [0.2, 0.25) is 0 Å². The number of rotatable bonds is 2. The molecule has 0 fully saturated rings. The molecule has 0 radical (unpaired) electrons. The predicted molar refractivity (Wildman–Crippen MR) is 70.6 cm³/mol. The summed E-state index contributed by atoms with van der Waals surface area (Å²) in [6, 6.07) is 9.31. The van der Waals surface area contributed by atoms with Crippen molar-refractivity contribution in [2.75, 3.05) is 5.32 Å². The van der Waals surface area contributed by atoms with Gasteiger partial charge in [0.15, 0.2) is 5.69 Å². The van der Waals surface area contributed by atoms with E-state index in [2.05, 4.69) is 15.5 Å². The first-order chi connectivity index (χ1) is 8.56. The topological polar surface area (TPSA) is 54.9 Å². The van der Waals surface area contributed by atoms with E-state index in [1.807, 2.05) is 39.0 Å². The summed E-state index contributed by atoms with van der Waals surface area (Å²) in [6.07, 6.45) is 0. The number of amides is 1. The van der Waals surface area contributed by atoms with Crippen LogP contribution in [0.3, 0.4) is 0 Å². The highest BCUT2D eigenvalue weighted by Gasteiger charge is 2.09. The van der Waals surface area contributed by atoms with Crippen LogP contribution in [0.25, 0.3) is 0 Å². The van der Waals surface area contributed by atoms with Gasteiger partial charge in [-0.05, 0) is 44.5 Å². The van der Waals surface area contributed by atoms with Gasteiger partial charge < -0.3 is 5.32 Å². The first-order valence-corrected chi connectivity index (χ1v) is 5.75. The number of hydrogen-bond acceptors (Lipinski definition) is 3. The van der Waals surface area contributed by atoms with Gasteiger partial charge in [-0.3, -0.25) is 4.79 Å². The van der Waals surface area contributed by atoms with E-state index < -0.39 is 0 Å². The predicted octanol–water partition coefficient (Wildman–Crippen LogP) is 2.65. The molecule has 0 spiro atoms. The van der Waals surface area contributed by atoms with Crippen LogP contribution in [0.1, 0.15) is 27.3 Å². The fourth-order valence-electron chi connectivity index (χ4n) is 1.66. The van der Waals surface area contributed by atoms with Crippen molar-refractivity contribution in [2.24, 2.45) is 0 Å². The molecule has 4 nitrogen and oxygen atoms in total. The van der Waals surface area contributed by atoms with E-state index in [0.717, 1.165) is 16.9 Å². The number of nitrogens with one attached hydrogen (secondary N) is 1. The number of hydrogen-bond donors (Lipinski definition) is 1. The molecule has 0 aliphatic carbocycles. The lowest BCUT2D eigenvalue weighted by atomic mass is 10.1. The quantitative estimate of drug-likeness (QED) is 0.879. The Balaban J connectivity index is 2.18. The molecule has 1 N–H and O–H groups in total. The first kappa shape index (κ1) is 12.2. The van der Waals surface area contributed by atoms with Crippen molar-refractivity contribution >= 4 is 11.6 Å². The summed E-state index contributed by atoms with van der Waals surface area (Å²) in [5, 5.41) is 10.6. The Morgan fingerprint density at radius 1 is 1.06 bits per heavy atom. The average Bonchev–Trinajstić information content (AvgIpc) is 2.33. The molecule has 1 heterocycles. The van der Waals surface area contributed by atoms with Gasteiger partial charge >= 0.3 is 0 Å². The van der Waals surface area contributed by atoms with Crippen molar-refractivity contribution in [1.29, 1.82) is 0 Å². The fraction of sp³-hybridized carbons (Fsp3) is 0.214.